The summed E-state index contributed by atoms with van der Waals surface area (Å²) in [7, 11) is 1.67. The molecule has 33 heavy (non-hydrogen) atoms. The lowest BCUT2D eigenvalue weighted by Gasteiger charge is -2.15. The minimum Gasteiger partial charge on any atom is -0.490 e. The summed E-state index contributed by atoms with van der Waals surface area (Å²) in [5.41, 5.74) is 3.26. The van der Waals surface area contributed by atoms with Gasteiger partial charge in [0.25, 0.3) is 0 Å². The lowest BCUT2D eigenvalue weighted by molar-refractivity contribution is 0.0699. The fourth-order valence-corrected chi connectivity index (χ4v) is 3.23. The Hall–Kier alpha value is -2.05. The van der Waals surface area contributed by atoms with Gasteiger partial charge in [-0.1, -0.05) is 0 Å². The van der Waals surface area contributed by atoms with E-state index in [4.69, 9.17) is 23.9 Å². The number of hydrogen-bond donors (Lipinski definition) is 3. The number of halogens is 1. The predicted octanol–water partition coefficient (Wildman–Crippen LogP) is 3.54. The SMILES string of the molecule is COCCOCCCNC(=NCCCc1cn[nH]c1C)Nc1ccc2c(c1)OCCCO2.I. The second-order valence-electron chi connectivity index (χ2n) is 7.58. The normalized spacial score (nSPS) is 13.2. The number of methoxy groups -OCH3 is 1. The Balaban J connectivity index is 0.00000385. The first-order valence-corrected chi connectivity index (χ1v) is 11.3. The molecule has 0 atom stereocenters. The Morgan fingerprint density at radius 2 is 2.00 bits per heavy atom. The molecular formula is C23H36IN5O4. The summed E-state index contributed by atoms with van der Waals surface area (Å²) in [6, 6.07) is 5.87. The highest BCUT2D eigenvalue weighted by Gasteiger charge is 2.11. The van der Waals surface area contributed by atoms with Gasteiger partial charge >= 0.3 is 0 Å². The number of nitrogens with zero attached hydrogens (tertiary/aromatic N) is 2. The van der Waals surface area contributed by atoms with Crippen LogP contribution < -0.4 is 20.1 Å². The molecule has 0 saturated heterocycles. The quantitative estimate of drug-likeness (QED) is 0.155. The lowest BCUT2D eigenvalue weighted by atomic mass is 10.1. The number of hydrogen-bond acceptors (Lipinski definition) is 6. The molecule has 3 N–H and O–H groups in total. The van der Waals surface area contributed by atoms with Gasteiger partial charge in [-0.2, -0.15) is 5.10 Å². The fourth-order valence-electron chi connectivity index (χ4n) is 3.23. The minimum absolute atomic E-state index is 0. The molecule has 0 aliphatic carbocycles. The van der Waals surface area contributed by atoms with Crippen molar-refractivity contribution in [3.63, 3.8) is 0 Å². The van der Waals surface area contributed by atoms with Gasteiger partial charge in [0.2, 0.25) is 0 Å². The number of aryl methyl sites for hydroxylation is 2. The standard InChI is InChI=1S/C23H35N5O4.HI/c1-18-19(17-26-28-18)6-3-9-24-23(25-10-4-11-30-15-14-29-2)27-20-7-8-21-22(16-20)32-13-5-12-31-21;/h7-8,16-17H,3-6,9-15H2,1-2H3,(H,26,28)(H2,24,25,27);1H. The van der Waals surface area contributed by atoms with Crippen LogP contribution in [0.3, 0.4) is 0 Å². The molecule has 1 aromatic heterocycles. The number of rotatable bonds is 12. The van der Waals surface area contributed by atoms with Crippen molar-refractivity contribution < 1.29 is 18.9 Å². The Morgan fingerprint density at radius 1 is 1.15 bits per heavy atom. The third-order valence-electron chi connectivity index (χ3n) is 5.01. The van der Waals surface area contributed by atoms with Crippen molar-refractivity contribution in [3.8, 4) is 11.5 Å². The predicted molar refractivity (Wildman–Crippen MR) is 140 cm³/mol. The van der Waals surface area contributed by atoms with Crippen molar-refractivity contribution >= 4 is 35.6 Å². The first kappa shape index (κ1) is 27.2. The molecule has 1 aliphatic rings. The van der Waals surface area contributed by atoms with E-state index < -0.39 is 0 Å². The van der Waals surface area contributed by atoms with E-state index in [9.17, 15) is 0 Å². The molecule has 1 aliphatic heterocycles. The highest BCUT2D eigenvalue weighted by atomic mass is 127. The van der Waals surface area contributed by atoms with Crippen molar-refractivity contribution in [1.82, 2.24) is 15.5 Å². The number of ether oxygens (including phenoxy) is 4. The van der Waals surface area contributed by atoms with Gasteiger partial charge in [-0.15, -0.1) is 24.0 Å². The van der Waals surface area contributed by atoms with Crippen molar-refractivity contribution in [1.29, 1.82) is 0 Å². The first-order valence-electron chi connectivity index (χ1n) is 11.3. The van der Waals surface area contributed by atoms with Crippen LogP contribution in [0.1, 0.15) is 30.5 Å². The van der Waals surface area contributed by atoms with Crippen LogP contribution in [0.5, 0.6) is 11.5 Å². The van der Waals surface area contributed by atoms with Crippen molar-refractivity contribution in [2.75, 3.05) is 58.6 Å². The van der Waals surface area contributed by atoms with Gasteiger partial charge in [0, 0.05) is 50.7 Å². The maximum absolute atomic E-state index is 5.81. The number of aliphatic imine (C=N–C) groups is 1. The molecule has 184 valence electrons. The summed E-state index contributed by atoms with van der Waals surface area (Å²) in [5.74, 6) is 2.28. The number of guanidine groups is 1. The number of benzene rings is 1. The van der Waals surface area contributed by atoms with E-state index in [1.165, 1.54) is 5.56 Å². The average Bonchev–Trinajstić information content (AvgIpc) is 3.06. The number of anilines is 1. The maximum atomic E-state index is 5.81. The summed E-state index contributed by atoms with van der Waals surface area (Å²) in [5, 5.41) is 13.8. The zero-order valence-corrected chi connectivity index (χ0v) is 21.9. The Kier molecular flexibility index (Phi) is 13.0. The number of aromatic amines is 1. The van der Waals surface area contributed by atoms with E-state index in [1.54, 1.807) is 7.11 Å². The van der Waals surface area contributed by atoms with Crippen LogP contribution in [0.15, 0.2) is 29.4 Å². The van der Waals surface area contributed by atoms with Crippen LogP contribution in [-0.2, 0) is 15.9 Å². The van der Waals surface area contributed by atoms with Gasteiger partial charge in [0.15, 0.2) is 17.5 Å². The Labute approximate surface area is 213 Å². The van der Waals surface area contributed by atoms with Crippen molar-refractivity contribution in [2.24, 2.45) is 4.99 Å². The summed E-state index contributed by atoms with van der Waals surface area (Å²) in [6.07, 6.45) is 5.52. The van der Waals surface area contributed by atoms with Gasteiger partial charge in [-0.3, -0.25) is 10.1 Å². The minimum atomic E-state index is 0. The molecule has 0 spiro atoms. The first-order chi connectivity index (χ1) is 15.8. The molecule has 0 fully saturated rings. The lowest BCUT2D eigenvalue weighted by Crippen LogP contribution is -2.32. The van der Waals surface area contributed by atoms with Crippen LogP contribution >= 0.6 is 24.0 Å². The maximum Gasteiger partial charge on any atom is 0.195 e. The molecule has 1 aromatic carbocycles. The molecule has 0 unspecified atom stereocenters. The highest BCUT2D eigenvalue weighted by Crippen LogP contribution is 2.32. The second kappa shape index (κ2) is 15.7. The monoisotopic (exact) mass is 573 g/mol. The molecule has 2 heterocycles. The molecule has 3 rings (SSSR count). The van der Waals surface area contributed by atoms with E-state index in [0.29, 0.717) is 39.6 Å². The van der Waals surface area contributed by atoms with Gasteiger partial charge in [0.05, 0.1) is 32.6 Å². The largest absolute Gasteiger partial charge is 0.490 e. The van der Waals surface area contributed by atoms with Gasteiger partial charge in [0.1, 0.15) is 0 Å². The van der Waals surface area contributed by atoms with Gasteiger partial charge in [-0.05, 0) is 43.9 Å². The number of H-pyrrole nitrogens is 1. The van der Waals surface area contributed by atoms with Crippen LogP contribution in [-0.4, -0.2) is 69.4 Å². The van der Waals surface area contributed by atoms with Gasteiger partial charge < -0.3 is 29.6 Å². The molecule has 0 radical (unpaired) electrons. The summed E-state index contributed by atoms with van der Waals surface area (Å²) in [6.45, 7) is 6.73. The van der Waals surface area contributed by atoms with Crippen molar-refractivity contribution in [2.45, 2.75) is 32.6 Å². The molecule has 2 aromatic rings. The Morgan fingerprint density at radius 3 is 2.79 bits per heavy atom. The zero-order valence-electron chi connectivity index (χ0n) is 19.5. The highest BCUT2D eigenvalue weighted by molar-refractivity contribution is 14.0. The third-order valence-corrected chi connectivity index (χ3v) is 5.01. The molecule has 10 heteroatoms. The molecular weight excluding hydrogens is 537 g/mol. The molecule has 0 amide bonds. The topological polar surface area (TPSA) is 102 Å². The summed E-state index contributed by atoms with van der Waals surface area (Å²) >= 11 is 0. The van der Waals surface area contributed by atoms with Gasteiger partial charge in [-0.25, -0.2) is 0 Å². The Bertz CT molecular complexity index is 846. The zero-order chi connectivity index (χ0) is 22.4. The van der Waals surface area contributed by atoms with E-state index in [1.807, 2.05) is 31.3 Å². The average molecular weight is 573 g/mol. The molecule has 0 saturated carbocycles. The van der Waals surface area contributed by atoms with Crippen LogP contribution in [0, 0.1) is 6.92 Å². The van der Waals surface area contributed by atoms with E-state index >= 15 is 0 Å². The van der Waals surface area contributed by atoms with Crippen LogP contribution in [0.2, 0.25) is 0 Å². The third kappa shape index (κ3) is 9.76. The second-order valence-corrected chi connectivity index (χ2v) is 7.58. The van der Waals surface area contributed by atoms with E-state index in [2.05, 4.69) is 20.8 Å². The molecule has 9 nitrogen and oxygen atoms in total. The summed E-state index contributed by atoms with van der Waals surface area (Å²) < 4.78 is 22.1. The summed E-state index contributed by atoms with van der Waals surface area (Å²) in [4.78, 5) is 4.76. The van der Waals surface area contributed by atoms with Crippen molar-refractivity contribution in [3.05, 3.63) is 35.7 Å². The van der Waals surface area contributed by atoms with Crippen LogP contribution in [0.4, 0.5) is 5.69 Å². The molecule has 0 bridgehead atoms. The number of nitrogens with one attached hydrogen (secondary N) is 3. The van der Waals surface area contributed by atoms with E-state index in [0.717, 1.165) is 61.1 Å². The smallest absolute Gasteiger partial charge is 0.195 e. The van der Waals surface area contributed by atoms with Crippen LogP contribution in [0.25, 0.3) is 0 Å². The van der Waals surface area contributed by atoms with E-state index in [-0.39, 0.29) is 24.0 Å². The number of aromatic nitrogens is 2. The number of fused-ring (bicyclic) bond motifs is 1. The fraction of sp³-hybridized carbons (Fsp3) is 0.565.